The zero-order valence-electron chi connectivity index (χ0n) is 12.8. The second kappa shape index (κ2) is 6.26. The van der Waals surface area contributed by atoms with E-state index in [9.17, 15) is 4.79 Å². The van der Waals surface area contributed by atoms with Crippen molar-refractivity contribution in [3.8, 4) is 0 Å². The van der Waals surface area contributed by atoms with Gasteiger partial charge in [0, 0.05) is 23.3 Å². The second-order valence-corrected chi connectivity index (χ2v) is 6.07. The number of hydrogen-bond acceptors (Lipinski definition) is 5. The monoisotopic (exact) mass is 346 g/mol. The number of carbonyl (C=O) groups excluding carboxylic acids is 1. The highest BCUT2D eigenvalue weighted by Crippen LogP contribution is 2.22. The third-order valence-electron chi connectivity index (χ3n) is 4.13. The topological polar surface area (TPSA) is 73.4 Å². The average molecular weight is 347 g/mol. The molecule has 124 valence electrons. The van der Waals surface area contributed by atoms with Crippen molar-refractivity contribution in [3.05, 3.63) is 47.7 Å². The minimum absolute atomic E-state index is 0.0178. The Balaban J connectivity index is 1.50. The highest BCUT2D eigenvalue weighted by atomic mass is 35.5. The van der Waals surface area contributed by atoms with Gasteiger partial charge in [0.15, 0.2) is 0 Å². The lowest BCUT2D eigenvalue weighted by atomic mass is 10.2. The van der Waals surface area contributed by atoms with Crippen molar-refractivity contribution < 1.29 is 14.1 Å². The van der Waals surface area contributed by atoms with Crippen LogP contribution in [0.2, 0.25) is 5.02 Å². The summed E-state index contributed by atoms with van der Waals surface area (Å²) in [6, 6.07) is 7.62. The first-order valence-electron chi connectivity index (χ1n) is 7.61. The fraction of sp³-hybridized carbons (Fsp3) is 0.312. The first-order valence-corrected chi connectivity index (χ1v) is 7.98. The predicted molar refractivity (Wildman–Crippen MR) is 86.5 cm³/mol. The van der Waals surface area contributed by atoms with Gasteiger partial charge in [-0.15, -0.1) is 0 Å². The van der Waals surface area contributed by atoms with Gasteiger partial charge in [-0.3, -0.25) is 4.79 Å². The third-order valence-corrected chi connectivity index (χ3v) is 4.36. The van der Waals surface area contributed by atoms with Gasteiger partial charge in [0.2, 0.25) is 18.1 Å². The van der Waals surface area contributed by atoms with Crippen molar-refractivity contribution in [2.45, 2.75) is 12.6 Å². The quantitative estimate of drug-likeness (QED) is 0.727. The van der Waals surface area contributed by atoms with E-state index in [4.69, 9.17) is 20.9 Å². The Morgan fingerprint density at radius 1 is 1.38 bits per heavy atom. The second-order valence-electron chi connectivity index (χ2n) is 5.64. The Hall–Kier alpha value is -2.38. The van der Waals surface area contributed by atoms with E-state index in [1.165, 1.54) is 6.39 Å². The first kappa shape index (κ1) is 15.2. The molecule has 0 saturated carbocycles. The molecule has 1 atom stereocenters. The summed E-state index contributed by atoms with van der Waals surface area (Å²) in [5.41, 5.74) is 0.943. The predicted octanol–water partition coefficient (Wildman–Crippen LogP) is 2.28. The number of rotatable bonds is 3. The third kappa shape index (κ3) is 2.88. The van der Waals surface area contributed by atoms with Gasteiger partial charge in [0.25, 0.3) is 0 Å². The summed E-state index contributed by atoms with van der Waals surface area (Å²) < 4.78 is 12.3. The molecule has 1 fully saturated rings. The summed E-state index contributed by atoms with van der Waals surface area (Å²) in [5, 5.41) is 5.50. The van der Waals surface area contributed by atoms with Crippen LogP contribution in [-0.2, 0) is 16.1 Å². The van der Waals surface area contributed by atoms with E-state index < -0.39 is 0 Å². The summed E-state index contributed by atoms with van der Waals surface area (Å²) in [7, 11) is 0. The molecule has 24 heavy (non-hydrogen) atoms. The van der Waals surface area contributed by atoms with Crippen molar-refractivity contribution in [1.82, 2.24) is 19.6 Å². The fourth-order valence-corrected chi connectivity index (χ4v) is 3.06. The minimum Gasteiger partial charge on any atom is -0.366 e. The van der Waals surface area contributed by atoms with Gasteiger partial charge in [-0.05, 0) is 23.6 Å². The number of aromatic nitrogens is 3. The van der Waals surface area contributed by atoms with Crippen LogP contribution in [0.3, 0.4) is 0 Å². The number of nitrogens with zero attached hydrogens (tertiary/aromatic N) is 4. The number of morpholine rings is 1. The van der Waals surface area contributed by atoms with Crippen molar-refractivity contribution in [3.63, 3.8) is 0 Å². The van der Waals surface area contributed by atoms with Crippen LogP contribution in [-0.4, -0.2) is 45.2 Å². The van der Waals surface area contributed by atoms with Crippen LogP contribution in [0.1, 0.15) is 11.9 Å². The lowest BCUT2D eigenvalue weighted by Gasteiger charge is -2.31. The number of halogens is 1. The van der Waals surface area contributed by atoms with Crippen molar-refractivity contribution >= 4 is 28.4 Å². The van der Waals surface area contributed by atoms with E-state index >= 15 is 0 Å². The lowest BCUT2D eigenvalue weighted by molar-refractivity contribution is -0.139. The molecule has 1 aliphatic heterocycles. The Labute approximate surface area is 142 Å². The first-order chi connectivity index (χ1) is 11.7. The van der Waals surface area contributed by atoms with Crippen molar-refractivity contribution in [2.24, 2.45) is 0 Å². The molecular weight excluding hydrogens is 332 g/mol. The van der Waals surface area contributed by atoms with Crippen LogP contribution < -0.4 is 0 Å². The molecule has 3 heterocycles. The average Bonchev–Trinajstić information content (AvgIpc) is 3.25. The molecule has 1 aliphatic rings. The standard InChI is InChI=1S/C16H15ClN4O3/c17-12-2-1-11-3-4-20(13(11)7-12)9-15(22)21-5-6-23-14(8-21)16-18-10-24-19-16/h1-4,7,10,14H,5-6,8-9H2/t14-/m0/s1. The maximum absolute atomic E-state index is 12.7. The van der Waals surface area contributed by atoms with Crippen LogP contribution in [0.4, 0.5) is 0 Å². The fourth-order valence-electron chi connectivity index (χ4n) is 2.89. The van der Waals surface area contributed by atoms with E-state index in [2.05, 4.69) is 10.1 Å². The summed E-state index contributed by atoms with van der Waals surface area (Å²) in [5.74, 6) is 0.481. The molecule has 1 aromatic carbocycles. The van der Waals surface area contributed by atoms with Crippen molar-refractivity contribution in [1.29, 1.82) is 0 Å². The van der Waals surface area contributed by atoms with Crippen molar-refractivity contribution in [2.75, 3.05) is 19.7 Å². The molecule has 0 aliphatic carbocycles. The summed E-state index contributed by atoms with van der Waals surface area (Å²) >= 11 is 6.06. The van der Waals surface area contributed by atoms with Gasteiger partial charge >= 0.3 is 0 Å². The smallest absolute Gasteiger partial charge is 0.242 e. The summed E-state index contributed by atoms with van der Waals surface area (Å²) in [6.45, 7) is 1.66. The van der Waals surface area contributed by atoms with Crippen LogP contribution in [0, 0.1) is 0 Å². The molecule has 4 rings (SSSR count). The molecule has 8 heteroatoms. The van der Waals surface area contributed by atoms with Crippen LogP contribution in [0.5, 0.6) is 0 Å². The molecule has 2 aromatic heterocycles. The van der Waals surface area contributed by atoms with E-state index in [1.807, 2.05) is 35.0 Å². The number of benzene rings is 1. The number of ether oxygens (including phenoxy) is 1. The van der Waals surface area contributed by atoms with E-state index in [-0.39, 0.29) is 18.6 Å². The summed E-state index contributed by atoms with van der Waals surface area (Å²) in [6.07, 6.45) is 2.81. The van der Waals surface area contributed by atoms with Crippen LogP contribution >= 0.6 is 11.6 Å². The minimum atomic E-state index is -0.350. The summed E-state index contributed by atoms with van der Waals surface area (Å²) in [4.78, 5) is 18.4. The Morgan fingerprint density at radius 2 is 2.29 bits per heavy atom. The zero-order chi connectivity index (χ0) is 16.5. The Bertz CT molecular complexity index is 861. The molecule has 0 unspecified atom stereocenters. The van der Waals surface area contributed by atoms with E-state index in [0.29, 0.717) is 30.5 Å². The van der Waals surface area contributed by atoms with Gasteiger partial charge in [-0.1, -0.05) is 22.8 Å². The largest absolute Gasteiger partial charge is 0.366 e. The maximum atomic E-state index is 12.7. The van der Waals surface area contributed by atoms with Gasteiger partial charge in [0.05, 0.1) is 13.2 Å². The molecule has 0 N–H and O–H groups in total. The highest BCUT2D eigenvalue weighted by Gasteiger charge is 2.28. The number of hydrogen-bond donors (Lipinski definition) is 0. The Kier molecular flexibility index (Phi) is 3.95. The lowest BCUT2D eigenvalue weighted by Crippen LogP contribution is -2.43. The Morgan fingerprint density at radius 3 is 3.12 bits per heavy atom. The highest BCUT2D eigenvalue weighted by molar-refractivity contribution is 6.31. The molecular formula is C16H15ClN4O3. The van der Waals surface area contributed by atoms with E-state index in [1.54, 1.807) is 4.90 Å². The number of amides is 1. The molecule has 1 saturated heterocycles. The molecule has 3 aromatic rings. The molecule has 0 radical (unpaired) electrons. The molecule has 1 amide bonds. The normalized spacial score (nSPS) is 18.2. The molecule has 0 spiro atoms. The van der Waals surface area contributed by atoms with E-state index in [0.717, 1.165) is 10.9 Å². The number of fused-ring (bicyclic) bond motifs is 1. The van der Waals surface area contributed by atoms with Gasteiger partial charge < -0.3 is 18.7 Å². The van der Waals surface area contributed by atoms with Gasteiger partial charge in [0.1, 0.15) is 12.6 Å². The van der Waals surface area contributed by atoms with Gasteiger partial charge in [-0.25, -0.2) is 0 Å². The number of carbonyl (C=O) groups is 1. The van der Waals surface area contributed by atoms with Crippen LogP contribution in [0.15, 0.2) is 41.4 Å². The van der Waals surface area contributed by atoms with Gasteiger partial charge in [-0.2, -0.15) is 4.98 Å². The molecule has 7 nitrogen and oxygen atoms in total. The SMILES string of the molecule is O=C(Cn1ccc2ccc(Cl)cc21)N1CCO[C@H](c2ncon2)C1. The zero-order valence-corrected chi connectivity index (χ0v) is 13.5. The van der Waals surface area contributed by atoms with Crippen LogP contribution in [0.25, 0.3) is 10.9 Å². The molecule has 0 bridgehead atoms. The maximum Gasteiger partial charge on any atom is 0.242 e.